The molecule has 1 unspecified atom stereocenters. The molecule has 1 saturated heterocycles. The third-order valence-corrected chi connectivity index (χ3v) is 6.88. The number of nitrogens with zero attached hydrogens (tertiary/aromatic N) is 2. The van der Waals surface area contributed by atoms with Crippen molar-refractivity contribution in [1.29, 1.82) is 0 Å². The van der Waals surface area contributed by atoms with E-state index in [2.05, 4.69) is 0 Å². The maximum absolute atomic E-state index is 12.7. The molecule has 1 fully saturated rings. The maximum Gasteiger partial charge on any atom is 0.248 e. The van der Waals surface area contributed by atoms with Crippen molar-refractivity contribution in [2.24, 2.45) is 5.73 Å². The van der Waals surface area contributed by atoms with Gasteiger partial charge in [0.15, 0.2) is 0 Å². The first-order chi connectivity index (χ1) is 13.6. The number of hydrogen-bond donors (Lipinski definition) is 1. The molecule has 146 valence electrons. The largest absolute Gasteiger partial charge is 0.366 e. The lowest BCUT2D eigenvalue weighted by molar-refractivity contribution is -0.127. The van der Waals surface area contributed by atoms with Crippen molar-refractivity contribution in [1.82, 2.24) is 9.88 Å². The summed E-state index contributed by atoms with van der Waals surface area (Å²) in [6.07, 6.45) is 10.3. The van der Waals surface area contributed by atoms with Gasteiger partial charge >= 0.3 is 0 Å². The lowest BCUT2D eigenvalue weighted by Gasteiger charge is -2.31. The van der Waals surface area contributed by atoms with E-state index < -0.39 is 5.91 Å². The van der Waals surface area contributed by atoms with Crippen LogP contribution in [0.1, 0.15) is 63.1 Å². The fourth-order valence-corrected chi connectivity index (χ4v) is 5.24. The molecule has 4 rings (SSSR count). The molecule has 2 aliphatic rings. The first-order valence-electron chi connectivity index (χ1n) is 9.95. The summed E-state index contributed by atoms with van der Waals surface area (Å²) in [5.74, 6) is -0.0589. The fraction of sp³-hybridized carbons (Fsp3) is 0.409. The third kappa shape index (κ3) is 4.17. The van der Waals surface area contributed by atoms with Crippen molar-refractivity contribution in [2.45, 2.75) is 44.4 Å². The molecule has 1 atom stereocenters. The van der Waals surface area contributed by atoms with E-state index in [-0.39, 0.29) is 5.91 Å². The summed E-state index contributed by atoms with van der Waals surface area (Å²) in [6, 6.07) is 6.94. The molecular formula is C22H25N3O2S. The highest BCUT2D eigenvalue weighted by molar-refractivity contribution is 7.11. The molecule has 2 amide bonds. The number of carbonyl (C=O) groups is 2. The van der Waals surface area contributed by atoms with Crippen molar-refractivity contribution in [3.05, 3.63) is 57.0 Å². The summed E-state index contributed by atoms with van der Waals surface area (Å²) in [6.45, 7) is 1.54. The van der Waals surface area contributed by atoms with Crippen LogP contribution in [0, 0.1) is 0 Å². The maximum atomic E-state index is 12.7. The molecule has 0 spiro atoms. The Morgan fingerprint density at radius 2 is 1.93 bits per heavy atom. The summed E-state index contributed by atoms with van der Waals surface area (Å²) in [7, 11) is 0. The van der Waals surface area contributed by atoms with Crippen molar-refractivity contribution >= 4 is 29.2 Å². The zero-order chi connectivity index (χ0) is 19.5. The fourth-order valence-electron chi connectivity index (χ4n) is 3.96. The molecule has 28 heavy (non-hydrogen) atoms. The van der Waals surface area contributed by atoms with E-state index in [1.54, 1.807) is 36.4 Å². The summed E-state index contributed by atoms with van der Waals surface area (Å²) < 4.78 is 0. The van der Waals surface area contributed by atoms with E-state index in [9.17, 15) is 9.59 Å². The predicted octanol–water partition coefficient (Wildman–Crippen LogP) is 3.54. The van der Waals surface area contributed by atoms with E-state index >= 15 is 0 Å². The Hall–Kier alpha value is -2.47. The van der Waals surface area contributed by atoms with E-state index in [4.69, 9.17) is 10.7 Å². The Balaban J connectivity index is 1.40. The number of fused-ring (bicyclic) bond motifs is 1. The van der Waals surface area contributed by atoms with Gasteiger partial charge in [0.1, 0.15) is 0 Å². The van der Waals surface area contributed by atoms with Crippen molar-refractivity contribution in [3.8, 4) is 0 Å². The van der Waals surface area contributed by atoms with Crippen LogP contribution in [-0.2, 0) is 17.6 Å². The Labute approximate surface area is 169 Å². The van der Waals surface area contributed by atoms with Crippen LogP contribution in [0.3, 0.4) is 0 Å². The van der Waals surface area contributed by atoms with Gasteiger partial charge < -0.3 is 10.6 Å². The second kappa shape index (κ2) is 8.27. The van der Waals surface area contributed by atoms with Gasteiger partial charge in [0.05, 0.1) is 10.7 Å². The number of likely N-dealkylation sites (tertiary alicyclic amines) is 1. The minimum absolute atomic E-state index is 0.0324. The van der Waals surface area contributed by atoms with Crippen molar-refractivity contribution < 1.29 is 9.59 Å². The predicted molar refractivity (Wildman–Crippen MR) is 111 cm³/mol. The van der Waals surface area contributed by atoms with Crippen LogP contribution >= 0.6 is 11.3 Å². The summed E-state index contributed by atoms with van der Waals surface area (Å²) >= 11 is 1.86. The number of benzene rings is 1. The number of rotatable bonds is 4. The van der Waals surface area contributed by atoms with Crippen LogP contribution in [0.4, 0.5) is 0 Å². The Morgan fingerprint density at radius 1 is 1.14 bits per heavy atom. The number of primary amides is 1. The lowest BCUT2D eigenvalue weighted by Crippen LogP contribution is -2.38. The van der Waals surface area contributed by atoms with Gasteiger partial charge in [-0.15, -0.1) is 11.3 Å². The van der Waals surface area contributed by atoms with Gasteiger partial charge in [0.25, 0.3) is 0 Å². The number of amides is 2. The highest BCUT2D eigenvalue weighted by Crippen LogP contribution is 2.34. The Morgan fingerprint density at radius 3 is 2.68 bits per heavy atom. The van der Waals surface area contributed by atoms with Crippen LogP contribution in [0.25, 0.3) is 6.08 Å². The molecule has 0 bridgehead atoms. The van der Waals surface area contributed by atoms with Crippen LogP contribution in [0.5, 0.6) is 0 Å². The third-order valence-electron chi connectivity index (χ3n) is 5.56. The molecule has 6 heteroatoms. The van der Waals surface area contributed by atoms with Gasteiger partial charge in [-0.2, -0.15) is 0 Å². The minimum atomic E-state index is -0.449. The van der Waals surface area contributed by atoms with Gasteiger partial charge in [-0.05, 0) is 62.3 Å². The molecule has 2 N–H and O–H groups in total. The van der Waals surface area contributed by atoms with Crippen LogP contribution in [-0.4, -0.2) is 34.8 Å². The van der Waals surface area contributed by atoms with Gasteiger partial charge in [0.2, 0.25) is 11.8 Å². The summed E-state index contributed by atoms with van der Waals surface area (Å²) in [4.78, 5) is 32.1. The number of piperidine rings is 1. The Kier molecular flexibility index (Phi) is 5.57. The number of thiazole rings is 1. The van der Waals surface area contributed by atoms with E-state index in [0.717, 1.165) is 37.9 Å². The van der Waals surface area contributed by atoms with E-state index in [1.807, 2.05) is 16.2 Å². The minimum Gasteiger partial charge on any atom is -0.366 e. The Bertz CT molecular complexity index is 878. The van der Waals surface area contributed by atoms with Gasteiger partial charge in [0, 0.05) is 35.5 Å². The van der Waals surface area contributed by atoms with Crippen LogP contribution in [0.15, 0.2) is 30.3 Å². The zero-order valence-electron chi connectivity index (χ0n) is 15.9. The highest BCUT2D eigenvalue weighted by atomic mass is 32.1. The first kappa shape index (κ1) is 18.9. The molecule has 2 heterocycles. The second-order valence-electron chi connectivity index (χ2n) is 7.57. The lowest BCUT2D eigenvalue weighted by atomic mass is 9.98. The average Bonchev–Trinajstić information content (AvgIpc) is 3.17. The summed E-state index contributed by atoms with van der Waals surface area (Å²) in [5.41, 5.74) is 7.90. The molecule has 0 radical (unpaired) electrons. The van der Waals surface area contributed by atoms with Crippen LogP contribution in [0.2, 0.25) is 0 Å². The molecule has 0 saturated carbocycles. The molecule has 1 aromatic carbocycles. The number of hydrogen-bond acceptors (Lipinski definition) is 4. The van der Waals surface area contributed by atoms with Crippen molar-refractivity contribution in [3.63, 3.8) is 0 Å². The van der Waals surface area contributed by atoms with Crippen molar-refractivity contribution in [2.75, 3.05) is 13.1 Å². The first-order valence-corrected chi connectivity index (χ1v) is 10.8. The molecule has 2 aromatic rings. The smallest absolute Gasteiger partial charge is 0.248 e. The monoisotopic (exact) mass is 395 g/mol. The molecule has 1 aromatic heterocycles. The number of carbonyl (C=O) groups excluding carboxylic acids is 2. The quantitative estimate of drug-likeness (QED) is 0.805. The molecular weight excluding hydrogens is 370 g/mol. The van der Waals surface area contributed by atoms with Gasteiger partial charge in [-0.25, -0.2) is 4.98 Å². The highest BCUT2D eigenvalue weighted by Gasteiger charge is 2.27. The standard InChI is InChI=1S/C22H25N3O2S/c23-21(27)16-10-7-15(8-11-16)9-12-20(26)25-13-3-4-17(14-25)22-24-18-5-1-2-6-19(18)28-22/h7-12,17H,1-6,13-14H2,(H2,23,27)/b12-9+. The molecule has 1 aliphatic heterocycles. The van der Waals surface area contributed by atoms with Gasteiger partial charge in [-0.1, -0.05) is 12.1 Å². The SMILES string of the molecule is NC(=O)c1ccc(/C=C/C(=O)N2CCCC(c3nc4c(s3)CCCC4)C2)cc1. The topological polar surface area (TPSA) is 76.3 Å². The second-order valence-corrected chi connectivity index (χ2v) is 8.69. The van der Waals surface area contributed by atoms with E-state index in [0.29, 0.717) is 11.5 Å². The number of aryl methyl sites for hydroxylation is 2. The zero-order valence-corrected chi connectivity index (χ0v) is 16.7. The summed E-state index contributed by atoms with van der Waals surface area (Å²) in [5, 5.41) is 1.22. The molecule has 1 aliphatic carbocycles. The average molecular weight is 396 g/mol. The van der Waals surface area contributed by atoms with Crippen LogP contribution < -0.4 is 5.73 Å². The van der Waals surface area contributed by atoms with Gasteiger partial charge in [-0.3, -0.25) is 9.59 Å². The normalized spacial score (nSPS) is 19.6. The van der Waals surface area contributed by atoms with E-state index in [1.165, 1.54) is 34.8 Å². The number of nitrogens with two attached hydrogens (primary N) is 1. The number of aromatic nitrogens is 1. The molecule has 5 nitrogen and oxygen atoms in total.